The molecule has 5 heteroatoms. The van der Waals surface area contributed by atoms with Crippen molar-refractivity contribution in [3.8, 4) is 5.69 Å². The maximum absolute atomic E-state index is 12.4. The van der Waals surface area contributed by atoms with E-state index in [1.54, 1.807) is 28.7 Å². The molecule has 0 aliphatic rings. The number of carbonyl (C=O) groups is 1. The zero-order valence-corrected chi connectivity index (χ0v) is 14.5. The molecule has 1 aromatic heterocycles. The number of hydrogen-bond acceptors (Lipinski definition) is 3. The zero-order valence-electron chi connectivity index (χ0n) is 13.6. The van der Waals surface area contributed by atoms with Crippen LogP contribution in [0, 0.1) is 0 Å². The topological polar surface area (TPSA) is 46.9 Å². The molecule has 24 heavy (non-hydrogen) atoms. The van der Waals surface area contributed by atoms with E-state index in [0.717, 1.165) is 11.3 Å². The number of carbonyl (C=O) groups excluding carboxylic acids is 1. The quantitative estimate of drug-likeness (QED) is 0.714. The van der Waals surface area contributed by atoms with E-state index in [2.05, 4.69) is 22.5 Å². The average molecular weight is 337 g/mol. The molecular weight excluding hydrogens is 318 g/mol. The Morgan fingerprint density at radius 1 is 1.08 bits per heavy atom. The van der Waals surface area contributed by atoms with Crippen molar-refractivity contribution in [2.24, 2.45) is 0 Å². The van der Waals surface area contributed by atoms with Gasteiger partial charge in [-0.15, -0.1) is 11.8 Å². The molecule has 0 saturated carbocycles. The monoisotopic (exact) mass is 337 g/mol. The molecule has 3 aromatic rings. The maximum atomic E-state index is 12.4. The number of hydrogen-bond donors (Lipinski definition) is 1. The fourth-order valence-electron chi connectivity index (χ4n) is 2.42. The molecular formula is C19H19N3OS. The first-order valence-electron chi connectivity index (χ1n) is 7.73. The first-order chi connectivity index (χ1) is 11.7. The number of nitrogens with one attached hydrogen (secondary N) is 1. The lowest BCUT2D eigenvalue weighted by Crippen LogP contribution is -2.27. The smallest absolute Gasteiger partial charge is 0.272 e. The van der Waals surface area contributed by atoms with Gasteiger partial charge in [-0.25, -0.2) is 4.68 Å². The lowest BCUT2D eigenvalue weighted by Gasteiger charge is -2.13. The summed E-state index contributed by atoms with van der Waals surface area (Å²) in [6.07, 6.45) is 3.84. The highest BCUT2D eigenvalue weighted by Gasteiger charge is 2.14. The molecule has 1 N–H and O–H groups in total. The summed E-state index contributed by atoms with van der Waals surface area (Å²) in [5, 5.41) is 7.35. The summed E-state index contributed by atoms with van der Waals surface area (Å²) in [7, 11) is 0. The summed E-state index contributed by atoms with van der Waals surface area (Å²) in [4.78, 5) is 13.6. The van der Waals surface area contributed by atoms with Crippen molar-refractivity contribution < 1.29 is 4.79 Å². The van der Waals surface area contributed by atoms with Crippen LogP contribution in [-0.2, 0) is 0 Å². The zero-order chi connectivity index (χ0) is 16.9. The fourth-order valence-corrected chi connectivity index (χ4v) is 2.82. The molecule has 2 aromatic carbocycles. The Labute approximate surface area is 145 Å². The van der Waals surface area contributed by atoms with E-state index in [4.69, 9.17) is 0 Å². The van der Waals surface area contributed by atoms with Crippen LogP contribution in [0.5, 0.6) is 0 Å². The van der Waals surface area contributed by atoms with E-state index >= 15 is 0 Å². The van der Waals surface area contributed by atoms with Gasteiger partial charge < -0.3 is 5.32 Å². The van der Waals surface area contributed by atoms with Crippen molar-refractivity contribution in [1.82, 2.24) is 15.1 Å². The van der Waals surface area contributed by atoms with Crippen LogP contribution in [0.3, 0.4) is 0 Å². The van der Waals surface area contributed by atoms with Gasteiger partial charge in [0.1, 0.15) is 0 Å². The highest BCUT2D eigenvalue weighted by Crippen LogP contribution is 2.19. The summed E-state index contributed by atoms with van der Waals surface area (Å²) in [5.41, 5.74) is 2.41. The molecule has 0 spiro atoms. The minimum atomic E-state index is -0.175. The highest BCUT2D eigenvalue weighted by molar-refractivity contribution is 7.98. The number of nitrogens with zero attached hydrogens (tertiary/aromatic N) is 2. The molecule has 1 atom stereocenters. The second-order valence-electron chi connectivity index (χ2n) is 5.45. The van der Waals surface area contributed by atoms with Gasteiger partial charge in [0, 0.05) is 11.1 Å². The van der Waals surface area contributed by atoms with E-state index in [0.29, 0.717) is 5.69 Å². The third-order valence-electron chi connectivity index (χ3n) is 3.81. The molecule has 4 nitrogen and oxygen atoms in total. The molecule has 0 fully saturated rings. The molecule has 1 unspecified atom stereocenters. The predicted octanol–water partition coefficient (Wildman–Crippen LogP) is 4.09. The van der Waals surface area contributed by atoms with Crippen molar-refractivity contribution in [2.45, 2.75) is 17.9 Å². The second-order valence-corrected chi connectivity index (χ2v) is 6.33. The van der Waals surface area contributed by atoms with Crippen molar-refractivity contribution in [1.29, 1.82) is 0 Å². The number of rotatable bonds is 5. The third kappa shape index (κ3) is 3.68. The minimum Gasteiger partial charge on any atom is -0.344 e. The Kier molecular flexibility index (Phi) is 5.01. The van der Waals surface area contributed by atoms with Crippen LogP contribution in [0.15, 0.2) is 71.8 Å². The predicted molar refractivity (Wildman–Crippen MR) is 97.7 cm³/mol. The summed E-state index contributed by atoms with van der Waals surface area (Å²) < 4.78 is 1.70. The summed E-state index contributed by atoms with van der Waals surface area (Å²) >= 11 is 1.70. The Balaban J connectivity index is 1.69. The van der Waals surface area contributed by atoms with E-state index in [1.165, 1.54) is 4.90 Å². The molecule has 0 aliphatic carbocycles. The van der Waals surface area contributed by atoms with Gasteiger partial charge in [0.2, 0.25) is 0 Å². The Morgan fingerprint density at radius 3 is 2.46 bits per heavy atom. The lowest BCUT2D eigenvalue weighted by molar-refractivity contribution is 0.0934. The molecule has 0 radical (unpaired) electrons. The standard InChI is InChI=1S/C19H19N3OS/c1-14(15-8-10-17(24-2)11-9-15)20-19(23)18-12-13-22(21-18)16-6-4-3-5-7-16/h3-14H,1-2H3,(H,20,23). The van der Waals surface area contributed by atoms with Crippen molar-refractivity contribution in [2.75, 3.05) is 6.26 Å². The lowest BCUT2D eigenvalue weighted by atomic mass is 10.1. The van der Waals surface area contributed by atoms with E-state index in [9.17, 15) is 4.79 Å². The summed E-state index contributed by atoms with van der Waals surface area (Å²) in [5.74, 6) is -0.175. The molecule has 0 aliphatic heterocycles. The normalized spacial score (nSPS) is 11.9. The Bertz CT molecular complexity index is 812. The first kappa shape index (κ1) is 16.3. The van der Waals surface area contributed by atoms with E-state index in [-0.39, 0.29) is 11.9 Å². The van der Waals surface area contributed by atoms with Crippen LogP contribution in [0.1, 0.15) is 29.0 Å². The maximum Gasteiger partial charge on any atom is 0.272 e. The van der Waals surface area contributed by atoms with Crippen LogP contribution in [0.4, 0.5) is 0 Å². The van der Waals surface area contributed by atoms with Crippen LogP contribution >= 0.6 is 11.8 Å². The summed E-state index contributed by atoms with van der Waals surface area (Å²) in [6.45, 7) is 1.97. The van der Waals surface area contributed by atoms with Gasteiger partial charge >= 0.3 is 0 Å². The third-order valence-corrected chi connectivity index (χ3v) is 4.55. The van der Waals surface area contributed by atoms with Crippen LogP contribution in [0.25, 0.3) is 5.69 Å². The Hall–Kier alpha value is -2.53. The van der Waals surface area contributed by atoms with E-state index in [1.807, 2.05) is 55.6 Å². The fraction of sp³-hybridized carbons (Fsp3) is 0.158. The second kappa shape index (κ2) is 7.36. The van der Waals surface area contributed by atoms with Gasteiger partial charge in [0.05, 0.1) is 11.7 Å². The molecule has 0 bridgehead atoms. The van der Waals surface area contributed by atoms with Crippen molar-refractivity contribution in [3.05, 3.63) is 78.1 Å². The van der Waals surface area contributed by atoms with Gasteiger partial charge in [-0.3, -0.25) is 4.79 Å². The number of aromatic nitrogens is 2. The Morgan fingerprint density at radius 2 is 1.79 bits per heavy atom. The molecule has 122 valence electrons. The molecule has 1 heterocycles. The van der Waals surface area contributed by atoms with Gasteiger partial charge in [0.15, 0.2) is 5.69 Å². The van der Waals surface area contributed by atoms with Crippen LogP contribution in [-0.4, -0.2) is 21.9 Å². The van der Waals surface area contributed by atoms with Crippen molar-refractivity contribution in [3.63, 3.8) is 0 Å². The number of benzene rings is 2. The highest BCUT2D eigenvalue weighted by atomic mass is 32.2. The average Bonchev–Trinajstić information content (AvgIpc) is 3.13. The molecule has 1 amide bonds. The van der Waals surface area contributed by atoms with Crippen molar-refractivity contribution >= 4 is 17.7 Å². The summed E-state index contributed by atoms with van der Waals surface area (Å²) in [6, 6.07) is 19.6. The van der Waals surface area contributed by atoms with Gasteiger partial charge in [0.25, 0.3) is 5.91 Å². The minimum absolute atomic E-state index is 0.0738. The van der Waals surface area contributed by atoms with Crippen LogP contribution < -0.4 is 5.32 Å². The number of amides is 1. The van der Waals surface area contributed by atoms with Gasteiger partial charge in [-0.05, 0) is 49.1 Å². The SMILES string of the molecule is CSc1ccc(C(C)NC(=O)c2ccn(-c3ccccc3)n2)cc1. The molecule has 3 rings (SSSR count). The van der Waals surface area contributed by atoms with Gasteiger partial charge in [-0.2, -0.15) is 5.10 Å². The number of para-hydroxylation sites is 1. The van der Waals surface area contributed by atoms with Crippen LogP contribution in [0.2, 0.25) is 0 Å². The number of thioether (sulfide) groups is 1. The van der Waals surface area contributed by atoms with E-state index < -0.39 is 0 Å². The first-order valence-corrected chi connectivity index (χ1v) is 8.96. The molecule has 0 saturated heterocycles. The van der Waals surface area contributed by atoms with Gasteiger partial charge in [-0.1, -0.05) is 30.3 Å². The largest absolute Gasteiger partial charge is 0.344 e.